The Hall–Kier alpha value is -3.39. The second kappa shape index (κ2) is 15.4. The van der Waals surface area contributed by atoms with Crippen molar-refractivity contribution >= 4 is 35.4 Å². The second-order valence-electron chi connectivity index (χ2n) is 12.7. The zero-order chi connectivity index (χ0) is 31.7. The molecule has 2 N–H and O–H groups in total. The number of halogens is 1. The number of hydrogen-bond donors (Lipinski definition) is 2. The van der Waals surface area contributed by atoms with Crippen LogP contribution in [0.25, 0.3) is 11.1 Å². The van der Waals surface area contributed by atoms with E-state index in [9.17, 15) is 19.2 Å². The van der Waals surface area contributed by atoms with Gasteiger partial charge in [0.05, 0.1) is 13.0 Å². The van der Waals surface area contributed by atoms with Gasteiger partial charge < -0.3 is 20.1 Å². The largest absolute Gasteiger partial charge is 0.469 e. The van der Waals surface area contributed by atoms with Crippen LogP contribution in [-0.4, -0.2) is 49.1 Å². The molecule has 43 heavy (non-hydrogen) atoms. The van der Waals surface area contributed by atoms with Crippen LogP contribution in [0.4, 0.5) is 4.79 Å². The number of ketones is 1. The van der Waals surface area contributed by atoms with Crippen LogP contribution in [0, 0.1) is 17.8 Å². The van der Waals surface area contributed by atoms with Gasteiger partial charge in [-0.2, -0.15) is 0 Å². The molecule has 8 nitrogen and oxygen atoms in total. The molecule has 2 amide bonds. The first-order valence-corrected chi connectivity index (χ1v) is 15.4. The van der Waals surface area contributed by atoms with Gasteiger partial charge in [0, 0.05) is 41.1 Å². The van der Waals surface area contributed by atoms with Crippen molar-refractivity contribution in [1.82, 2.24) is 10.6 Å². The van der Waals surface area contributed by atoms with E-state index in [2.05, 4.69) is 10.6 Å². The highest BCUT2D eigenvalue weighted by Gasteiger charge is 2.31. The van der Waals surface area contributed by atoms with Crippen LogP contribution < -0.4 is 10.6 Å². The number of alkyl carbamates (subject to hydrolysis) is 1. The van der Waals surface area contributed by atoms with Gasteiger partial charge in [-0.15, -0.1) is 0 Å². The number of amides is 2. The third kappa shape index (κ3) is 10.7. The molecule has 2 aromatic carbocycles. The highest BCUT2D eigenvalue weighted by Crippen LogP contribution is 2.32. The summed E-state index contributed by atoms with van der Waals surface area (Å²) >= 11 is 6.52. The van der Waals surface area contributed by atoms with Crippen LogP contribution >= 0.6 is 11.6 Å². The molecule has 0 bridgehead atoms. The molecular weight excluding hydrogens is 568 g/mol. The maximum atomic E-state index is 13.2. The van der Waals surface area contributed by atoms with Crippen molar-refractivity contribution in [1.29, 1.82) is 0 Å². The Balaban J connectivity index is 1.56. The van der Waals surface area contributed by atoms with Gasteiger partial charge in [-0.05, 0) is 95.9 Å². The summed E-state index contributed by atoms with van der Waals surface area (Å²) in [5.41, 5.74) is 2.54. The van der Waals surface area contributed by atoms with Crippen LogP contribution in [0.2, 0.25) is 5.02 Å². The van der Waals surface area contributed by atoms with E-state index in [1.165, 1.54) is 7.11 Å². The fraction of sp³-hybridized carbons (Fsp3) is 0.529. The van der Waals surface area contributed by atoms with Crippen molar-refractivity contribution in [3.05, 3.63) is 58.6 Å². The van der Waals surface area contributed by atoms with E-state index in [0.29, 0.717) is 29.5 Å². The average molecular weight is 613 g/mol. The zero-order valence-electron chi connectivity index (χ0n) is 26.1. The van der Waals surface area contributed by atoms with Gasteiger partial charge >= 0.3 is 12.1 Å². The van der Waals surface area contributed by atoms with Gasteiger partial charge in [0.25, 0.3) is 5.91 Å². The third-order valence-corrected chi connectivity index (χ3v) is 7.93. The number of carbonyl (C=O) groups is 4. The summed E-state index contributed by atoms with van der Waals surface area (Å²) in [6.45, 7) is 9.81. The summed E-state index contributed by atoms with van der Waals surface area (Å²) in [6.07, 6.45) is 3.24. The van der Waals surface area contributed by atoms with E-state index in [1.807, 2.05) is 65.0 Å². The van der Waals surface area contributed by atoms with E-state index < -0.39 is 23.6 Å². The van der Waals surface area contributed by atoms with Crippen molar-refractivity contribution in [3.63, 3.8) is 0 Å². The third-order valence-electron chi connectivity index (χ3n) is 7.62. The first-order valence-electron chi connectivity index (χ1n) is 15.0. The molecule has 0 aliphatic heterocycles. The molecule has 0 saturated heterocycles. The predicted octanol–water partition coefficient (Wildman–Crippen LogP) is 6.77. The summed E-state index contributed by atoms with van der Waals surface area (Å²) in [6, 6.07) is 13.0. The minimum atomic E-state index is -0.572. The van der Waals surface area contributed by atoms with Crippen molar-refractivity contribution in [2.45, 2.75) is 84.8 Å². The Kier molecular flexibility index (Phi) is 12.2. The highest BCUT2D eigenvalue weighted by molar-refractivity contribution is 6.33. The van der Waals surface area contributed by atoms with Crippen LogP contribution in [-0.2, 0) is 25.5 Å². The Bertz CT molecular complexity index is 1280. The molecule has 0 radical (unpaired) electrons. The van der Waals surface area contributed by atoms with Crippen molar-refractivity contribution < 1.29 is 28.7 Å². The van der Waals surface area contributed by atoms with Gasteiger partial charge in [-0.3, -0.25) is 14.4 Å². The Morgan fingerprint density at radius 3 is 2.19 bits per heavy atom. The lowest BCUT2D eigenvalue weighted by atomic mass is 9.77. The molecule has 1 saturated carbocycles. The van der Waals surface area contributed by atoms with Gasteiger partial charge in [-0.1, -0.05) is 41.9 Å². The van der Waals surface area contributed by atoms with Gasteiger partial charge in [0.2, 0.25) is 0 Å². The molecule has 1 aliphatic rings. The number of nitrogens with one attached hydrogen (secondary N) is 2. The first-order chi connectivity index (χ1) is 20.3. The Morgan fingerprint density at radius 1 is 0.977 bits per heavy atom. The van der Waals surface area contributed by atoms with Crippen molar-refractivity contribution in [2.75, 3.05) is 13.7 Å². The van der Waals surface area contributed by atoms with Crippen LogP contribution in [0.15, 0.2) is 42.5 Å². The molecular formula is C34H45ClN2O6. The van der Waals surface area contributed by atoms with E-state index in [1.54, 1.807) is 12.1 Å². The van der Waals surface area contributed by atoms with Crippen LogP contribution in [0.3, 0.4) is 0 Å². The lowest BCUT2D eigenvalue weighted by Crippen LogP contribution is -2.36. The molecule has 0 heterocycles. The number of methoxy groups -OCH3 is 1. The second-order valence-corrected chi connectivity index (χ2v) is 13.1. The first kappa shape index (κ1) is 34.1. The van der Waals surface area contributed by atoms with Crippen molar-refractivity contribution in [2.24, 2.45) is 17.8 Å². The van der Waals surface area contributed by atoms with E-state index >= 15 is 0 Å². The molecule has 0 aromatic heterocycles. The molecule has 1 atom stereocenters. The summed E-state index contributed by atoms with van der Waals surface area (Å²) in [7, 11) is 1.35. The van der Waals surface area contributed by atoms with E-state index in [0.717, 1.165) is 42.4 Å². The molecule has 2 aromatic rings. The summed E-state index contributed by atoms with van der Waals surface area (Å²) in [4.78, 5) is 50.1. The monoisotopic (exact) mass is 612 g/mol. The SMILES string of the molecule is COC(=O)C(CC(=O)C1CCC(CNC(=O)OC(C)(C)C)CC1)Cc1ccc(-c2ccc(C(=O)NC(C)C)cc2Cl)cc1. The number of rotatable bonds is 11. The fourth-order valence-corrected chi connectivity index (χ4v) is 5.68. The number of Topliss-reactive ketones (excluding diaryl/α,β-unsaturated/α-hetero) is 1. The van der Waals surface area contributed by atoms with Gasteiger partial charge in [-0.25, -0.2) is 4.79 Å². The van der Waals surface area contributed by atoms with E-state index in [-0.39, 0.29) is 30.1 Å². The van der Waals surface area contributed by atoms with Gasteiger partial charge in [0.15, 0.2) is 0 Å². The number of benzene rings is 2. The highest BCUT2D eigenvalue weighted by atomic mass is 35.5. The fourth-order valence-electron chi connectivity index (χ4n) is 5.39. The van der Waals surface area contributed by atoms with Crippen LogP contribution in [0.1, 0.15) is 82.6 Å². The molecule has 0 spiro atoms. The number of esters is 1. The molecule has 1 fully saturated rings. The normalized spacial score (nSPS) is 17.6. The molecule has 234 valence electrons. The summed E-state index contributed by atoms with van der Waals surface area (Å²) < 4.78 is 10.4. The van der Waals surface area contributed by atoms with Crippen molar-refractivity contribution in [3.8, 4) is 11.1 Å². The molecule has 3 rings (SSSR count). The van der Waals surface area contributed by atoms with E-state index in [4.69, 9.17) is 21.1 Å². The summed E-state index contributed by atoms with van der Waals surface area (Å²) in [5, 5.41) is 6.16. The smallest absolute Gasteiger partial charge is 0.407 e. The topological polar surface area (TPSA) is 111 Å². The average Bonchev–Trinajstić information content (AvgIpc) is 2.94. The minimum absolute atomic E-state index is 0.0254. The molecule has 1 unspecified atom stereocenters. The summed E-state index contributed by atoms with van der Waals surface area (Å²) in [5.74, 6) is -0.860. The Labute approximate surface area is 260 Å². The van der Waals surface area contributed by atoms with Gasteiger partial charge in [0.1, 0.15) is 11.4 Å². The standard InChI is InChI=1S/C34H45ClN2O6/c1-21(2)37-31(39)26-15-16-28(29(35)18-26)24-11-7-22(8-12-24)17-27(32(40)42-6)19-30(38)25-13-9-23(10-14-25)20-36-33(41)43-34(3,4)5/h7-8,11-12,15-16,18,21,23,25,27H,9-10,13-14,17,19-20H2,1-6H3,(H,36,41)(H,37,39). The number of carbonyl (C=O) groups excluding carboxylic acids is 4. The lowest BCUT2D eigenvalue weighted by molar-refractivity contribution is -0.147. The minimum Gasteiger partial charge on any atom is -0.469 e. The zero-order valence-corrected chi connectivity index (χ0v) is 26.9. The molecule has 1 aliphatic carbocycles. The Morgan fingerprint density at radius 2 is 1.63 bits per heavy atom. The predicted molar refractivity (Wildman–Crippen MR) is 168 cm³/mol. The number of hydrogen-bond acceptors (Lipinski definition) is 6. The number of ether oxygens (including phenoxy) is 2. The van der Waals surface area contributed by atoms with Crippen LogP contribution in [0.5, 0.6) is 0 Å². The maximum absolute atomic E-state index is 13.2. The lowest BCUT2D eigenvalue weighted by Gasteiger charge is -2.29. The quantitative estimate of drug-likeness (QED) is 0.271. The molecule has 9 heteroatoms. The maximum Gasteiger partial charge on any atom is 0.407 e.